The fourth-order valence-electron chi connectivity index (χ4n) is 8.12. The summed E-state index contributed by atoms with van der Waals surface area (Å²) in [5, 5.41) is 9.45. The maximum atomic E-state index is 13.6. The second-order valence-electron chi connectivity index (χ2n) is 15.0. The molecule has 0 aliphatic carbocycles. The van der Waals surface area contributed by atoms with Crippen LogP contribution in [0.5, 0.6) is 11.5 Å². The number of aryl methyl sites for hydroxylation is 1. The number of likely N-dealkylation sites (tertiary alicyclic amines) is 1. The van der Waals surface area contributed by atoms with Gasteiger partial charge in [0.1, 0.15) is 28.8 Å². The molecular formula is C43H54N5O8P. The molecule has 14 heteroatoms. The van der Waals surface area contributed by atoms with Crippen LogP contribution in [0.25, 0.3) is 0 Å². The van der Waals surface area contributed by atoms with Gasteiger partial charge in [-0.3, -0.25) is 19.2 Å². The van der Waals surface area contributed by atoms with Gasteiger partial charge < -0.3 is 28.0 Å². The highest BCUT2D eigenvalue weighted by atomic mass is 31.2. The molecule has 2 saturated heterocycles. The van der Waals surface area contributed by atoms with E-state index in [1.165, 1.54) is 4.57 Å². The number of hydrogen-bond acceptors (Lipinski definition) is 11. The van der Waals surface area contributed by atoms with E-state index in [9.17, 15) is 14.9 Å². The Labute approximate surface area is 336 Å². The summed E-state index contributed by atoms with van der Waals surface area (Å²) in [5.41, 5.74) is -0.391. The number of morpholine rings is 1. The maximum Gasteiger partial charge on any atom is 0.330 e. The zero-order valence-corrected chi connectivity index (χ0v) is 34.9. The fraction of sp³-hybridized carbons (Fsp3) is 0.465. The van der Waals surface area contributed by atoms with Gasteiger partial charge in [0.05, 0.1) is 46.0 Å². The molecule has 3 heterocycles. The van der Waals surface area contributed by atoms with Crippen molar-refractivity contribution in [2.24, 2.45) is 0 Å². The zero-order chi connectivity index (χ0) is 40.9. The predicted octanol–water partition coefficient (Wildman–Crippen LogP) is 6.50. The van der Waals surface area contributed by atoms with Crippen molar-refractivity contribution in [3.63, 3.8) is 0 Å². The van der Waals surface area contributed by atoms with Gasteiger partial charge in [-0.2, -0.15) is 5.26 Å². The van der Waals surface area contributed by atoms with E-state index in [1.54, 1.807) is 27.3 Å². The van der Waals surface area contributed by atoms with E-state index in [2.05, 4.69) is 55.2 Å². The van der Waals surface area contributed by atoms with Crippen LogP contribution < -0.4 is 20.7 Å². The molecule has 0 radical (unpaired) electrons. The number of benzene rings is 3. The van der Waals surface area contributed by atoms with E-state index >= 15 is 0 Å². The van der Waals surface area contributed by atoms with E-state index in [0.717, 1.165) is 16.7 Å². The summed E-state index contributed by atoms with van der Waals surface area (Å²) >= 11 is 0. The average Bonchev–Trinajstić information content (AvgIpc) is 3.68. The quantitative estimate of drug-likeness (QED) is 0.0670. The van der Waals surface area contributed by atoms with Crippen molar-refractivity contribution in [1.82, 2.24) is 19.1 Å². The molecule has 304 valence electrons. The number of hydrogen-bond donors (Lipinski definition) is 1. The van der Waals surface area contributed by atoms with Crippen LogP contribution in [0.1, 0.15) is 69.5 Å². The molecule has 1 N–H and O–H groups in total. The Kier molecular flexibility index (Phi) is 13.4. The van der Waals surface area contributed by atoms with Gasteiger partial charge >= 0.3 is 5.69 Å². The monoisotopic (exact) mass is 799 g/mol. The lowest BCUT2D eigenvalue weighted by molar-refractivity contribution is -0.177. The standard InChI is InChI=1S/C43H54N5O8P/c1-9-46-27-42(28-53-43(32-14-11-10-12-15-32,33-16-20-35(51-7)21-17-33)34-18-22-36(52-8)23-19-34)38(56-57(54-25-13-24-44)48(29(2)3)30(4)5)37(46)40(55-42)47-26-31(6)39(49)45-41(47)50/h10-12,14-23,26,29-30,37-38,40H,9,13,25,27-28H2,1-8H3,(H,45,49,50)/t37-,38+,40+,42-,57?/m0/s1. The van der Waals surface area contributed by atoms with Gasteiger partial charge in [0.15, 0.2) is 6.23 Å². The molecule has 6 rings (SSSR count). The number of aromatic nitrogens is 2. The van der Waals surface area contributed by atoms with Crippen molar-refractivity contribution < 1.29 is 28.0 Å². The summed E-state index contributed by atoms with van der Waals surface area (Å²) in [6.07, 6.45) is 0.237. The molecule has 0 saturated carbocycles. The average molecular weight is 800 g/mol. The van der Waals surface area contributed by atoms with E-state index < -0.39 is 49.4 Å². The topological polar surface area (TPSA) is 141 Å². The highest BCUT2D eigenvalue weighted by Crippen LogP contribution is 2.56. The number of nitriles is 1. The highest BCUT2D eigenvalue weighted by Gasteiger charge is 2.66. The summed E-state index contributed by atoms with van der Waals surface area (Å²) in [4.78, 5) is 30.9. The Morgan fingerprint density at radius 1 is 0.947 bits per heavy atom. The fourth-order valence-corrected chi connectivity index (χ4v) is 9.94. The number of nitrogens with zero attached hydrogens (tertiary/aromatic N) is 4. The van der Waals surface area contributed by atoms with Gasteiger partial charge in [0.25, 0.3) is 14.1 Å². The summed E-state index contributed by atoms with van der Waals surface area (Å²) in [7, 11) is 1.53. The molecule has 2 fully saturated rings. The lowest BCUT2D eigenvalue weighted by Gasteiger charge is -2.42. The first kappa shape index (κ1) is 42.2. The molecule has 2 bridgehead atoms. The van der Waals surface area contributed by atoms with Crippen molar-refractivity contribution >= 4 is 8.53 Å². The third-order valence-electron chi connectivity index (χ3n) is 10.8. The number of fused-ring (bicyclic) bond motifs is 2. The smallest absolute Gasteiger partial charge is 0.330 e. The normalized spacial score (nSPS) is 21.3. The minimum absolute atomic E-state index is 0.0237. The molecule has 3 aromatic carbocycles. The molecule has 13 nitrogen and oxygen atoms in total. The van der Waals surface area contributed by atoms with Gasteiger partial charge in [-0.05, 0) is 82.1 Å². The predicted molar refractivity (Wildman–Crippen MR) is 218 cm³/mol. The number of rotatable bonds is 18. The molecule has 4 aromatic rings. The third kappa shape index (κ3) is 8.32. The summed E-state index contributed by atoms with van der Waals surface area (Å²) in [6, 6.07) is 27.5. The summed E-state index contributed by atoms with van der Waals surface area (Å²) in [5.74, 6) is 1.40. The molecule has 1 aromatic heterocycles. The van der Waals surface area contributed by atoms with Gasteiger partial charge in [-0.15, -0.1) is 0 Å². The number of aromatic amines is 1. The molecule has 5 atom stereocenters. The molecule has 0 amide bonds. The Balaban J connectivity index is 1.54. The van der Waals surface area contributed by atoms with Crippen LogP contribution in [0.2, 0.25) is 0 Å². The second kappa shape index (κ2) is 18.0. The second-order valence-corrected chi connectivity index (χ2v) is 16.4. The Morgan fingerprint density at radius 2 is 1.53 bits per heavy atom. The lowest BCUT2D eigenvalue weighted by atomic mass is 9.79. The zero-order valence-electron chi connectivity index (χ0n) is 34.0. The Morgan fingerprint density at radius 3 is 2.05 bits per heavy atom. The van der Waals surface area contributed by atoms with Crippen molar-refractivity contribution in [1.29, 1.82) is 5.26 Å². The van der Waals surface area contributed by atoms with E-state index in [1.807, 2.05) is 78.9 Å². The third-order valence-corrected chi connectivity index (χ3v) is 12.9. The van der Waals surface area contributed by atoms with Gasteiger partial charge in [0, 0.05) is 30.4 Å². The number of nitrogens with one attached hydrogen (secondary N) is 1. The number of ether oxygens (including phenoxy) is 4. The van der Waals surface area contributed by atoms with Crippen molar-refractivity contribution in [2.45, 2.75) is 89.6 Å². The minimum Gasteiger partial charge on any atom is -0.497 e. The molecule has 1 unspecified atom stereocenters. The van der Waals surface area contributed by atoms with Crippen LogP contribution in [-0.2, 0) is 24.1 Å². The van der Waals surface area contributed by atoms with Crippen molar-refractivity contribution in [3.8, 4) is 17.6 Å². The van der Waals surface area contributed by atoms with Crippen molar-refractivity contribution in [3.05, 3.63) is 128 Å². The Bertz CT molecular complexity index is 2050. The van der Waals surface area contributed by atoms with Crippen LogP contribution in [0.4, 0.5) is 0 Å². The molecular weight excluding hydrogens is 745 g/mol. The van der Waals surface area contributed by atoms with Crippen LogP contribution in [0.15, 0.2) is 94.6 Å². The lowest BCUT2D eigenvalue weighted by Crippen LogP contribution is -2.51. The van der Waals surface area contributed by atoms with Gasteiger partial charge in [-0.25, -0.2) is 9.46 Å². The van der Waals surface area contributed by atoms with Crippen LogP contribution in [0, 0.1) is 18.3 Å². The number of H-pyrrole nitrogens is 1. The minimum atomic E-state index is -1.74. The molecule has 57 heavy (non-hydrogen) atoms. The maximum absolute atomic E-state index is 13.6. The highest BCUT2D eigenvalue weighted by molar-refractivity contribution is 7.44. The SMILES string of the molecule is CCN1C[C@@]2(COC(c3ccccc3)(c3ccc(OC)cc3)c3ccc(OC)cc3)O[C@@H](n3cc(C)c(=O)[nH]c3=O)[C@@H]1[C@H]2OP(OCCC#N)N(C(C)C)C(C)C. The molecule has 2 aliphatic rings. The van der Waals surface area contributed by atoms with Gasteiger partial charge in [0.2, 0.25) is 0 Å². The van der Waals surface area contributed by atoms with Gasteiger partial charge in [-0.1, -0.05) is 61.5 Å². The molecule has 2 aliphatic heterocycles. The first-order chi connectivity index (χ1) is 27.4. The van der Waals surface area contributed by atoms with Crippen molar-refractivity contribution in [2.75, 3.05) is 40.5 Å². The van der Waals surface area contributed by atoms with Crippen LogP contribution in [-0.4, -0.2) is 89.5 Å². The van der Waals surface area contributed by atoms with E-state index in [0.29, 0.717) is 30.2 Å². The summed E-state index contributed by atoms with van der Waals surface area (Å²) < 4.78 is 43.1. The summed E-state index contributed by atoms with van der Waals surface area (Å²) in [6.45, 7) is 13.3. The van der Waals surface area contributed by atoms with E-state index in [4.69, 9.17) is 28.0 Å². The van der Waals surface area contributed by atoms with Crippen LogP contribution >= 0.6 is 8.53 Å². The first-order valence-electron chi connectivity index (χ1n) is 19.4. The first-order valence-corrected chi connectivity index (χ1v) is 20.5. The number of methoxy groups -OCH3 is 2. The largest absolute Gasteiger partial charge is 0.497 e. The molecule has 0 spiro atoms. The number of likely N-dealkylation sites (N-methyl/N-ethyl adjacent to an activating group) is 1. The Hall–Kier alpha value is -4.38. The van der Waals surface area contributed by atoms with E-state index in [-0.39, 0.29) is 31.7 Å². The van der Waals surface area contributed by atoms with Crippen LogP contribution in [0.3, 0.4) is 0 Å².